The van der Waals surface area contributed by atoms with Gasteiger partial charge in [0, 0.05) is 18.9 Å². The summed E-state index contributed by atoms with van der Waals surface area (Å²) in [5.41, 5.74) is 0.976. The van der Waals surface area contributed by atoms with E-state index in [9.17, 15) is 0 Å². The van der Waals surface area contributed by atoms with Gasteiger partial charge in [-0.2, -0.15) is 0 Å². The number of rotatable bonds is 6. The van der Waals surface area contributed by atoms with Crippen molar-refractivity contribution in [3.05, 3.63) is 21.9 Å². The molecule has 0 radical (unpaired) electrons. The van der Waals surface area contributed by atoms with E-state index in [0.717, 1.165) is 29.4 Å². The highest BCUT2D eigenvalue weighted by atomic mass is 32.1. The van der Waals surface area contributed by atoms with Crippen molar-refractivity contribution in [1.82, 2.24) is 25.2 Å². The van der Waals surface area contributed by atoms with E-state index in [1.165, 1.54) is 0 Å². The van der Waals surface area contributed by atoms with Gasteiger partial charge in [0.2, 0.25) is 0 Å². The van der Waals surface area contributed by atoms with Gasteiger partial charge in [-0.15, -0.1) is 16.4 Å². The highest BCUT2D eigenvalue weighted by Crippen LogP contribution is 2.20. The zero-order chi connectivity index (χ0) is 13.0. The summed E-state index contributed by atoms with van der Waals surface area (Å²) in [7, 11) is 1.69. The average molecular weight is 267 g/mol. The summed E-state index contributed by atoms with van der Waals surface area (Å²) in [4.78, 5) is 4.53. The molecule has 0 saturated carbocycles. The molecule has 0 N–H and O–H groups in total. The molecule has 0 unspecified atom stereocenters. The van der Waals surface area contributed by atoms with Gasteiger partial charge in [-0.25, -0.2) is 9.67 Å². The van der Waals surface area contributed by atoms with Crippen LogP contribution in [0.15, 0.2) is 5.38 Å². The molecule has 0 fully saturated rings. The molecule has 18 heavy (non-hydrogen) atoms. The van der Waals surface area contributed by atoms with Crippen molar-refractivity contribution in [2.24, 2.45) is 0 Å². The molecule has 0 spiro atoms. The second-order valence-corrected chi connectivity index (χ2v) is 4.95. The van der Waals surface area contributed by atoms with Crippen LogP contribution in [0.5, 0.6) is 0 Å². The first-order valence-corrected chi connectivity index (χ1v) is 6.84. The van der Waals surface area contributed by atoms with Gasteiger partial charge in [0.1, 0.15) is 11.1 Å². The van der Waals surface area contributed by atoms with Gasteiger partial charge < -0.3 is 4.74 Å². The number of ether oxygens (including phenoxy) is 1. The maximum absolute atomic E-state index is 5.25. The Labute approximate surface area is 110 Å². The maximum Gasteiger partial charge on any atom is 0.151 e. The summed E-state index contributed by atoms with van der Waals surface area (Å²) in [5.74, 6) is 0.909. The van der Waals surface area contributed by atoms with E-state index in [2.05, 4.69) is 27.4 Å². The Morgan fingerprint density at radius 1 is 1.50 bits per heavy atom. The number of hydrogen-bond donors (Lipinski definition) is 0. The van der Waals surface area contributed by atoms with Crippen LogP contribution in [-0.2, 0) is 17.7 Å². The summed E-state index contributed by atoms with van der Waals surface area (Å²) in [6.45, 7) is 4.72. The van der Waals surface area contributed by atoms with Gasteiger partial charge in [-0.1, -0.05) is 6.92 Å². The minimum Gasteiger partial charge on any atom is -0.375 e. The lowest BCUT2D eigenvalue weighted by Gasteiger charge is -2.04. The predicted octanol–water partition coefficient (Wildman–Crippen LogP) is 1.84. The van der Waals surface area contributed by atoms with Gasteiger partial charge in [-0.05, 0) is 23.8 Å². The molecule has 98 valence electrons. The summed E-state index contributed by atoms with van der Waals surface area (Å²) in [6, 6.07) is 0. The standard InChI is InChI=1S/C11H17N5OS/c1-4-5-10-13-14-15-16(10)6-9-7-18-11(12-9)8(2)17-3/h7-8H,4-6H2,1-3H3/t8-/m1/s1. The number of tetrazole rings is 1. The second-order valence-electron chi connectivity index (χ2n) is 4.06. The molecule has 0 saturated heterocycles. The van der Waals surface area contributed by atoms with Gasteiger partial charge in [0.05, 0.1) is 12.2 Å². The van der Waals surface area contributed by atoms with E-state index in [1.54, 1.807) is 23.1 Å². The molecule has 2 heterocycles. The first kappa shape index (κ1) is 13.1. The van der Waals surface area contributed by atoms with Crippen LogP contribution in [0.4, 0.5) is 0 Å². The summed E-state index contributed by atoms with van der Waals surface area (Å²) >= 11 is 1.61. The second kappa shape index (κ2) is 6.01. The van der Waals surface area contributed by atoms with E-state index in [4.69, 9.17) is 4.74 Å². The Morgan fingerprint density at radius 3 is 3.06 bits per heavy atom. The van der Waals surface area contributed by atoms with Gasteiger partial charge in [-0.3, -0.25) is 0 Å². The van der Waals surface area contributed by atoms with Gasteiger partial charge in [0.25, 0.3) is 0 Å². The lowest BCUT2D eigenvalue weighted by molar-refractivity contribution is 0.119. The minimum absolute atomic E-state index is 0.0349. The number of methoxy groups -OCH3 is 1. The van der Waals surface area contributed by atoms with Crippen molar-refractivity contribution >= 4 is 11.3 Å². The molecule has 2 aromatic rings. The number of hydrogen-bond acceptors (Lipinski definition) is 6. The van der Waals surface area contributed by atoms with Crippen LogP contribution in [0.3, 0.4) is 0 Å². The maximum atomic E-state index is 5.25. The third-order valence-corrected chi connectivity index (χ3v) is 3.72. The van der Waals surface area contributed by atoms with Crippen molar-refractivity contribution in [2.45, 2.75) is 39.3 Å². The number of thiazole rings is 1. The van der Waals surface area contributed by atoms with Crippen LogP contribution in [0.25, 0.3) is 0 Å². The molecule has 0 amide bonds. The molecule has 0 aliphatic heterocycles. The first-order valence-electron chi connectivity index (χ1n) is 5.96. The Hall–Kier alpha value is -1.34. The first-order chi connectivity index (χ1) is 8.74. The summed E-state index contributed by atoms with van der Waals surface area (Å²) in [5, 5.41) is 14.7. The number of aryl methyl sites for hydroxylation is 1. The topological polar surface area (TPSA) is 65.7 Å². The molecule has 7 heteroatoms. The average Bonchev–Trinajstić information content (AvgIpc) is 3.00. The highest BCUT2D eigenvalue weighted by Gasteiger charge is 2.11. The molecule has 0 aromatic carbocycles. The van der Waals surface area contributed by atoms with Crippen molar-refractivity contribution in [1.29, 1.82) is 0 Å². The van der Waals surface area contributed by atoms with Gasteiger partial charge >= 0.3 is 0 Å². The summed E-state index contributed by atoms with van der Waals surface area (Å²) in [6.07, 6.45) is 1.95. The number of nitrogens with zero attached hydrogens (tertiary/aromatic N) is 5. The van der Waals surface area contributed by atoms with E-state index in [1.807, 2.05) is 12.3 Å². The van der Waals surface area contributed by atoms with Crippen molar-refractivity contribution < 1.29 is 4.74 Å². The van der Waals surface area contributed by atoms with E-state index < -0.39 is 0 Å². The third kappa shape index (κ3) is 2.91. The molecule has 2 rings (SSSR count). The molecular weight excluding hydrogens is 250 g/mol. The summed E-state index contributed by atoms with van der Waals surface area (Å²) < 4.78 is 7.05. The Balaban J connectivity index is 2.09. The molecule has 6 nitrogen and oxygen atoms in total. The SMILES string of the molecule is CCCc1nnnn1Cc1csc([C@@H](C)OC)n1. The lowest BCUT2D eigenvalue weighted by Crippen LogP contribution is -2.07. The molecule has 0 aliphatic rings. The van der Waals surface area contributed by atoms with Crippen LogP contribution in [0.1, 0.15) is 42.9 Å². The Kier molecular flexibility index (Phi) is 4.38. The zero-order valence-corrected chi connectivity index (χ0v) is 11.6. The molecule has 2 aromatic heterocycles. The van der Waals surface area contributed by atoms with Crippen LogP contribution in [-0.4, -0.2) is 32.3 Å². The normalized spacial score (nSPS) is 12.8. The fourth-order valence-corrected chi connectivity index (χ4v) is 2.43. The van der Waals surface area contributed by atoms with Crippen LogP contribution >= 0.6 is 11.3 Å². The fourth-order valence-electron chi connectivity index (χ4n) is 1.58. The largest absolute Gasteiger partial charge is 0.375 e. The van der Waals surface area contributed by atoms with Crippen molar-refractivity contribution in [3.8, 4) is 0 Å². The fraction of sp³-hybridized carbons (Fsp3) is 0.636. The van der Waals surface area contributed by atoms with E-state index in [-0.39, 0.29) is 6.10 Å². The monoisotopic (exact) mass is 267 g/mol. The Bertz CT molecular complexity index is 495. The van der Waals surface area contributed by atoms with E-state index in [0.29, 0.717) is 6.54 Å². The van der Waals surface area contributed by atoms with Crippen LogP contribution in [0, 0.1) is 0 Å². The third-order valence-electron chi connectivity index (χ3n) is 2.66. The Morgan fingerprint density at radius 2 is 2.33 bits per heavy atom. The number of aromatic nitrogens is 5. The molecule has 0 aliphatic carbocycles. The molecule has 0 bridgehead atoms. The van der Waals surface area contributed by atoms with Crippen molar-refractivity contribution in [2.75, 3.05) is 7.11 Å². The van der Waals surface area contributed by atoms with Crippen LogP contribution in [0.2, 0.25) is 0 Å². The quantitative estimate of drug-likeness (QED) is 0.799. The predicted molar refractivity (Wildman–Crippen MR) is 68.5 cm³/mol. The lowest BCUT2D eigenvalue weighted by atomic mass is 10.3. The van der Waals surface area contributed by atoms with Crippen molar-refractivity contribution in [3.63, 3.8) is 0 Å². The molecule has 1 atom stereocenters. The molecular formula is C11H17N5OS. The van der Waals surface area contributed by atoms with Gasteiger partial charge in [0.15, 0.2) is 5.82 Å². The highest BCUT2D eigenvalue weighted by molar-refractivity contribution is 7.09. The van der Waals surface area contributed by atoms with Crippen LogP contribution < -0.4 is 0 Å². The van der Waals surface area contributed by atoms with E-state index >= 15 is 0 Å². The zero-order valence-electron chi connectivity index (χ0n) is 10.8. The minimum atomic E-state index is 0.0349. The smallest absolute Gasteiger partial charge is 0.151 e.